The van der Waals surface area contributed by atoms with Crippen molar-refractivity contribution in [1.29, 1.82) is 0 Å². The average Bonchev–Trinajstić information content (AvgIpc) is 2.44. The lowest BCUT2D eigenvalue weighted by Crippen LogP contribution is -2.53. The van der Waals surface area contributed by atoms with E-state index in [1.54, 1.807) is 11.9 Å². The molecule has 1 heterocycles. The van der Waals surface area contributed by atoms with Gasteiger partial charge in [-0.25, -0.2) is 8.42 Å². The van der Waals surface area contributed by atoms with E-state index in [9.17, 15) is 13.2 Å². The minimum atomic E-state index is -3.31. The first-order valence-corrected chi connectivity index (χ1v) is 8.94. The van der Waals surface area contributed by atoms with Crippen molar-refractivity contribution in [3.05, 3.63) is 0 Å². The molecule has 0 aromatic carbocycles. The van der Waals surface area contributed by atoms with Crippen molar-refractivity contribution in [1.82, 2.24) is 14.5 Å². The van der Waals surface area contributed by atoms with Gasteiger partial charge in [0.15, 0.2) is 0 Å². The van der Waals surface area contributed by atoms with Gasteiger partial charge in [-0.15, -0.1) is 0 Å². The van der Waals surface area contributed by atoms with Gasteiger partial charge in [-0.2, -0.15) is 4.31 Å². The normalized spacial score (nSPS) is 20.9. The molecule has 20 heavy (non-hydrogen) atoms. The maximum Gasteiger partial charge on any atom is 0.240 e. The van der Waals surface area contributed by atoms with Gasteiger partial charge < -0.3 is 10.2 Å². The van der Waals surface area contributed by atoms with Crippen molar-refractivity contribution in [2.45, 2.75) is 38.6 Å². The molecule has 0 spiro atoms. The summed E-state index contributed by atoms with van der Waals surface area (Å²) in [4.78, 5) is 14.1. The molecule has 0 aromatic rings. The second-order valence-corrected chi connectivity index (χ2v) is 7.34. The third-order valence-electron chi connectivity index (χ3n) is 3.63. The Balaban J connectivity index is 2.81. The molecule has 1 saturated heterocycles. The molecule has 1 atom stereocenters. The molecule has 1 amide bonds. The summed E-state index contributed by atoms with van der Waals surface area (Å²) in [5, 5.41) is 2.99. The van der Waals surface area contributed by atoms with Crippen molar-refractivity contribution in [2.75, 3.05) is 39.5 Å². The molecule has 6 nitrogen and oxygen atoms in total. The first kappa shape index (κ1) is 17.4. The monoisotopic (exact) mass is 305 g/mol. The third kappa shape index (κ3) is 4.43. The van der Waals surface area contributed by atoms with Crippen LogP contribution in [0.3, 0.4) is 0 Å². The largest absolute Gasteiger partial charge is 0.343 e. The number of rotatable bonds is 7. The molecule has 0 bridgehead atoms. The summed E-state index contributed by atoms with van der Waals surface area (Å²) in [7, 11) is 0.254. The van der Waals surface area contributed by atoms with Gasteiger partial charge in [-0.05, 0) is 26.3 Å². The molecule has 0 radical (unpaired) electrons. The number of piperidine rings is 1. The van der Waals surface area contributed by atoms with Crippen LogP contribution in [0.1, 0.15) is 32.6 Å². The van der Waals surface area contributed by atoms with Crippen LogP contribution in [-0.4, -0.2) is 69.1 Å². The van der Waals surface area contributed by atoms with Crippen LogP contribution in [0.25, 0.3) is 0 Å². The van der Waals surface area contributed by atoms with Crippen molar-refractivity contribution < 1.29 is 13.2 Å². The van der Waals surface area contributed by atoms with Gasteiger partial charge >= 0.3 is 0 Å². The zero-order valence-electron chi connectivity index (χ0n) is 12.8. The molecule has 1 aliphatic heterocycles. The van der Waals surface area contributed by atoms with Gasteiger partial charge in [0.25, 0.3) is 0 Å². The fourth-order valence-corrected chi connectivity index (χ4v) is 4.25. The van der Waals surface area contributed by atoms with Gasteiger partial charge in [0.1, 0.15) is 6.04 Å². The second kappa shape index (κ2) is 7.95. The lowest BCUT2D eigenvalue weighted by atomic mass is 10.0. The number of nitrogens with one attached hydrogen (secondary N) is 1. The van der Waals surface area contributed by atoms with E-state index in [4.69, 9.17) is 0 Å². The minimum Gasteiger partial charge on any atom is -0.343 e. The van der Waals surface area contributed by atoms with E-state index in [1.807, 2.05) is 14.0 Å². The quantitative estimate of drug-likeness (QED) is 0.732. The second-order valence-electron chi connectivity index (χ2n) is 5.30. The summed E-state index contributed by atoms with van der Waals surface area (Å²) in [6.07, 6.45) is 2.96. The van der Waals surface area contributed by atoms with Crippen LogP contribution in [0.15, 0.2) is 0 Å². The van der Waals surface area contributed by atoms with E-state index in [-0.39, 0.29) is 11.7 Å². The van der Waals surface area contributed by atoms with Gasteiger partial charge in [0, 0.05) is 26.7 Å². The van der Waals surface area contributed by atoms with Crippen molar-refractivity contribution >= 4 is 15.9 Å². The van der Waals surface area contributed by atoms with Crippen LogP contribution >= 0.6 is 0 Å². The van der Waals surface area contributed by atoms with Crippen LogP contribution in [0, 0.1) is 0 Å². The fraction of sp³-hybridized carbons (Fsp3) is 0.923. The number of amides is 1. The van der Waals surface area contributed by atoms with Crippen LogP contribution in [-0.2, 0) is 14.8 Å². The topological polar surface area (TPSA) is 69.7 Å². The molecule has 1 fully saturated rings. The number of hydrogen-bond acceptors (Lipinski definition) is 4. The van der Waals surface area contributed by atoms with Crippen molar-refractivity contribution in [2.24, 2.45) is 0 Å². The Bertz CT molecular complexity index is 411. The van der Waals surface area contributed by atoms with Crippen molar-refractivity contribution in [3.63, 3.8) is 0 Å². The number of sulfonamides is 1. The molecular formula is C13H27N3O3S. The smallest absolute Gasteiger partial charge is 0.240 e. The summed E-state index contributed by atoms with van der Waals surface area (Å²) in [6.45, 7) is 3.61. The molecule has 0 aliphatic carbocycles. The van der Waals surface area contributed by atoms with Gasteiger partial charge in [-0.3, -0.25) is 4.79 Å². The molecule has 1 unspecified atom stereocenters. The summed E-state index contributed by atoms with van der Waals surface area (Å²) in [5.41, 5.74) is 0. The van der Waals surface area contributed by atoms with Crippen LogP contribution in [0.5, 0.6) is 0 Å². The minimum absolute atomic E-state index is 0.0837. The SMILES string of the molecule is CCCS(=O)(=O)N1CCCCC1C(=O)N(C)CCNC. The molecule has 1 aliphatic rings. The maximum atomic E-state index is 12.5. The number of carbonyl (C=O) groups is 1. The Kier molecular flexibility index (Phi) is 6.91. The summed E-state index contributed by atoms with van der Waals surface area (Å²) >= 11 is 0. The highest BCUT2D eigenvalue weighted by atomic mass is 32.2. The first-order valence-electron chi connectivity index (χ1n) is 7.33. The highest BCUT2D eigenvalue weighted by Crippen LogP contribution is 2.22. The third-order valence-corrected chi connectivity index (χ3v) is 5.71. The summed E-state index contributed by atoms with van der Waals surface area (Å²) < 4.78 is 26.0. The van der Waals surface area contributed by atoms with Crippen molar-refractivity contribution in [3.8, 4) is 0 Å². The molecule has 7 heteroatoms. The average molecular weight is 305 g/mol. The lowest BCUT2D eigenvalue weighted by molar-refractivity contribution is -0.134. The number of hydrogen-bond donors (Lipinski definition) is 1. The van der Waals surface area contributed by atoms with E-state index in [0.717, 1.165) is 12.8 Å². The number of likely N-dealkylation sites (N-methyl/N-ethyl adjacent to an activating group) is 2. The number of nitrogens with zero attached hydrogens (tertiary/aromatic N) is 2. The molecular weight excluding hydrogens is 278 g/mol. The Morgan fingerprint density at radius 3 is 2.70 bits per heavy atom. The van der Waals surface area contributed by atoms with E-state index in [2.05, 4.69) is 5.32 Å². The first-order chi connectivity index (χ1) is 9.44. The molecule has 1 rings (SSSR count). The Morgan fingerprint density at radius 2 is 2.10 bits per heavy atom. The lowest BCUT2D eigenvalue weighted by Gasteiger charge is -2.35. The van der Waals surface area contributed by atoms with Crippen LogP contribution in [0.2, 0.25) is 0 Å². The molecule has 0 aromatic heterocycles. The fourth-order valence-electron chi connectivity index (χ4n) is 2.50. The number of carbonyl (C=O) groups excluding carboxylic acids is 1. The van der Waals surface area contributed by atoms with Gasteiger partial charge in [0.05, 0.1) is 5.75 Å². The standard InChI is InChI=1S/C13H27N3O3S/c1-4-11-20(18,19)16-9-6-5-7-12(16)13(17)15(3)10-8-14-2/h12,14H,4-11H2,1-3H3. The van der Waals surface area contributed by atoms with Crippen LogP contribution < -0.4 is 5.32 Å². The Labute approximate surface area is 122 Å². The van der Waals surface area contributed by atoms with E-state index in [1.165, 1.54) is 4.31 Å². The summed E-state index contributed by atoms with van der Waals surface area (Å²) in [5.74, 6) is 0.0384. The highest BCUT2D eigenvalue weighted by Gasteiger charge is 2.37. The zero-order chi connectivity index (χ0) is 15.2. The van der Waals surface area contributed by atoms with E-state index in [0.29, 0.717) is 32.5 Å². The van der Waals surface area contributed by atoms with E-state index >= 15 is 0 Å². The van der Waals surface area contributed by atoms with E-state index < -0.39 is 16.1 Å². The van der Waals surface area contributed by atoms with Gasteiger partial charge in [-0.1, -0.05) is 13.3 Å². The summed E-state index contributed by atoms with van der Waals surface area (Å²) in [6, 6.07) is -0.512. The highest BCUT2D eigenvalue weighted by molar-refractivity contribution is 7.89. The molecule has 1 N–H and O–H groups in total. The van der Waals surface area contributed by atoms with Crippen LogP contribution in [0.4, 0.5) is 0 Å². The Morgan fingerprint density at radius 1 is 1.40 bits per heavy atom. The molecule has 118 valence electrons. The maximum absolute atomic E-state index is 12.5. The van der Waals surface area contributed by atoms with Gasteiger partial charge in [0.2, 0.25) is 15.9 Å². The zero-order valence-corrected chi connectivity index (χ0v) is 13.6. The predicted octanol–water partition coefficient (Wildman–Crippen LogP) is 0.259. The predicted molar refractivity (Wildman–Crippen MR) is 80.0 cm³/mol. The Hall–Kier alpha value is -0.660. The molecule has 0 saturated carbocycles.